The van der Waals surface area contributed by atoms with Gasteiger partial charge >= 0.3 is 0 Å². The number of nitrogens with one attached hydrogen (secondary N) is 1. The Hall–Kier alpha value is -1.07. The van der Waals surface area contributed by atoms with Crippen LogP contribution in [0.2, 0.25) is 0 Å². The lowest BCUT2D eigenvalue weighted by atomic mass is 9.86. The number of benzene rings is 1. The summed E-state index contributed by atoms with van der Waals surface area (Å²) in [4.78, 5) is 0. The fraction of sp³-hybridized carbons (Fsp3) is 0.667. The van der Waals surface area contributed by atoms with E-state index in [9.17, 15) is 8.42 Å². The summed E-state index contributed by atoms with van der Waals surface area (Å²) in [6.45, 7) is 6.58. The van der Waals surface area contributed by atoms with Gasteiger partial charge < -0.3 is 4.74 Å². The maximum atomic E-state index is 11.8. The summed E-state index contributed by atoms with van der Waals surface area (Å²) in [6, 6.07) is 8.20. The molecule has 0 heterocycles. The number of rotatable bonds is 7. The second-order valence-electron chi connectivity index (χ2n) is 6.71. The quantitative estimate of drug-likeness (QED) is 0.824. The zero-order valence-corrected chi connectivity index (χ0v) is 15.2. The van der Waals surface area contributed by atoms with E-state index in [1.807, 2.05) is 12.1 Å². The summed E-state index contributed by atoms with van der Waals surface area (Å²) in [5.74, 6) is 1.75. The van der Waals surface area contributed by atoms with Crippen LogP contribution in [-0.4, -0.2) is 26.8 Å². The molecule has 0 radical (unpaired) electrons. The smallest absolute Gasteiger partial charge is 0.211 e. The van der Waals surface area contributed by atoms with Crippen LogP contribution >= 0.6 is 0 Å². The molecule has 23 heavy (non-hydrogen) atoms. The van der Waals surface area contributed by atoms with Crippen LogP contribution in [0.5, 0.6) is 5.75 Å². The second-order valence-corrected chi connectivity index (χ2v) is 8.75. The molecule has 0 aliphatic heterocycles. The molecule has 0 aromatic heterocycles. The van der Waals surface area contributed by atoms with Crippen LogP contribution in [-0.2, 0) is 10.0 Å². The van der Waals surface area contributed by atoms with E-state index in [0.717, 1.165) is 31.4 Å². The summed E-state index contributed by atoms with van der Waals surface area (Å²) in [6.07, 6.45) is 4.14. The highest BCUT2D eigenvalue weighted by atomic mass is 32.2. The molecule has 1 aliphatic carbocycles. The Morgan fingerprint density at radius 3 is 2.43 bits per heavy atom. The van der Waals surface area contributed by atoms with Crippen molar-refractivity contribution in [1.82, 2.24) is 4.72 Å². The van der Waals surface area contributed by atoms with Crippen LogP contribution in [0.3, 0.4) is 0 Å². The third-order valence-electron chi connectivity index (χ3n) is 4.63. The fourth-order valence-electron chi connectivity index (χ4n) is 3.03. The molecule has 1 aromatic rings. The Morgan fingerprint density at radius 1 is 1.17 bits per heavy atom. The zero-order valence-electron chi connectivity index (χ0n) is 14.4. The topological polar surface area (TPSA) is 55.4 Å². The molecule has 1 fully saturated rings. The van der Waals surface area contributed by atoms with Crippen LogP contribution in [0.15, 0.2) is 24.3 Å². The molecule has 1 N–H and O–H groups in total. The van der Waals surface area contributed by atoms with Gasteiger partial charge in [-0.1, -0.05) is 38.8 Å². The van der Waals surface area contributed by atoms with Crippen molar-refractivity contribution >= 4 is 10.0 Å². The molecule has 2 rings (SSSR count). The number of hydrogen-bond acceptors (Lipinski definition) is 3. The van der Waals surface area contributed by atoms with Gasteiger partial charge in [-0.2, -0.15) is 0 Å². The standard InChI is InChI=1S/C18H29NO3S/c1-4-23(20,21)19-18-8-6-5-7-16(18)13-22-17-11-9-15(10-12-17)14(2)3/h9-12,14,16,18-19H,4-8,13H2,1-3H3/t16-,18-/m0/s1. The van der Waals surface area contributed by atoms with Crippen molar-refractivity contribution < 1.29 is 13.2 Å². The van der Waals surface area contributed by atoms with E-state index in [0.29, 0.717) is 12.5 Å². The Labute approximate surface area is 140 Å². The van der Waals surface area contributed by atoms with Gasteiger partial charge in [-0.05, 0) is 43.4 Å². The van der Waals surface area contributed by atoms with Gasteiger partial charge in [0.25, 0.3) is 0 Å². The van der Waals surface area contributed by atoms with Gasteiger partial charge in [0.1, 0.15) is 5.75 Å². The van der Waals surface area contributed by atoms with Gasteiger partial charge in [0.15, 0.2) is 0 Å². The second kappa shape index (κ2) is 8.15. The molecule has 1 saturated carbocycles. The predicted octanol–water partition coefficient (Wildman–Crippen LogP) is 3.69. The highest BCUT2D eigenvalue weighted by Crippen LogP contribution is 2.26. The molecule has 1 aromatic carbocycles. The Balaban J connectivity index is 1.94. The van der Waals surface area contributed by atoms with E-state index in [1.54, 1.807) is 6.92 Å². The van der Waals surface area contributed by atoms with Gasteiger partial charge in [-0.25, -0.2) is 13.1 Å². The minimum atomic E-state index is -3.16. The molecular weight excluding hydrogens is 310 g/mol. The first-order valence-corrected chi connectivity index (χ1v) is 10.3. The lowest BCUT2D eigenvalue weighted by molar-refractivity contribution is 0.180. The summed E-state index contributed by atoms with van der Waals surface area (Å²) >= 11 is 0. The van der Waals surface area contributed by atoms with E-state index >= 15 is 0 Å². The van der Waals surface area contributed by atoms with Crippen molar-refractivity contribution in [2.75, 3.05) is 12.4 Å². The lowest BCUT2D eigenvalue weighted by Crippen LogP contribution is -2.44. The minimum Gasteiger partial charge on any atom is -0.493 e. The van der Waals surface area contributed by atoms with E-state index in [1.165, 1.54) is 5.56 Å². The molecule has 0 amide bonds. The molecule has 0 saturated heterocycles. The van der Waals surface area contributed by atoms with Crippen LogP contribution in [0.1, 0.15) is 57.9 Å². The van der Waals surface area contributed by atoms with Gasteiger partial charge in [0.2, 0.25) is 10.0 Å². The Kier molecular flexibility index (Phi) is 6.48. The van der Waals surface area contributed by atoms with Crippen molar-refractivity contribution in [1.29, 1.82) is 0 Å². The van der Waals surface area contributed by atoms with Gasteiger partial charge in [-0.15, -0.1) is 0 Å². The van der Waals surface area contributed by atoms with Crippen LogP contribution in [0, 0.1) is 5.92 Å². The highest BCUT2D eigenvalue weighted by Gasteiger charge is 2.28. The van der Waals surface area contributed by atoms with Gasteiger partial charge in [-0.3, -0.25) is 0 Å². The van der Waals surface area contributed by atoms with Crippen LogP contribution < -0.4 is 9.46 Å². The molecule has 0 bridgehead atoms. The van der Waals surface area contributed by atoms with E-state index in [2.05, 4.69) is 30.7 Å². The molecule has 5 heteroatoms. The monoisotopic (exact) mass is 339 g/mol. The Morgan fingerprint density at radius 2 is 1.83 bits per heavy atom. The van der Waals surface area contributed by atoms with Crippen molar-refractivity contribution in [2.45, 2.75) is 58.4 Å². The van der Waals surface area contributed by atoms with Crippen LogP contribution in [0.25, 0.3) is 0 Å². The van der Waals surface area contributed by atoms with Crippen molar-refractivity contribution in [3.63, 3.8) is 0 Å². The van der Waals surface area contributed by atoms with Crippen LogP contribution in [0.4, 0.5) is 0 Å². The van der Waals surface area contributed by atoms with E-state index in [-0.39, 0.29) is 17.7 Å². The molecule has 1 aliphatic rings. The number of sulfonamides is 1. The van der Waals surface area contributed by atoms with Gasteiger partial charge in [0, 0.05) is 12.0 Å². The molecular formula is C18H29NO3S. The third kappa shape index (κ3) is 5.50. The summed E-state index contributed by atoms with van der Waals surface area (Å²) < 4.78 is 32.4. The molecule has 4 nitrogen and oxygen atoms in total. The molecule has 0 spiro atoms. The van der Waals surface area contributed by atoms with E-state index in [4.69, 9.17) is 4.74 Å². The normalized spacial score (nSPS) is 22.3. The average molecular weight is 340 g/mol. The SMILES string of the molecule is CCS(=O)(=O)N[C@H]1CCCC[C@H]1COc1ccc(C(C)C)cc1. The highest BCUT2D eigenvalue weighted by molar-refractivity contribution is 7.89. The minimum absolute atomic E-state index is 0.00337. The van der Waals surface area contributed by atoms with Gasteiger partial charge in [0.05, 0.1) is 12.4 Å². The first-order chi connectivity index (χ1) is 10.9. The van der Waals surface area contributed by atoms with Crippen molar-refractivity contribution in [2.24, 2.45) is 5.92 Å². The third-order valence-corrected chi connectivity index (χ3v) is 6.05. The summed E-state index contributed by atoms with van der Waals surface area (Å²) in [5.41, 5.74) is 1.29. The zero-order chi connectivity index (χ0) is 16.9. The fourth-order valence-corrected chi connectivity index (χ4v) is 3.97. The molecule has 2 atom stereocenters. The first kappa shape index (κ1) is 18.3. The molecule has 0 unspecified atom stereocenters. The largest absolute Gasteiger partial charge is 0.493 e. The average Bonchev–Trinajstić information content (AvgIpc) is 2.54. The number of ether oxygens (including phenoxy) is 1. The Bertz CT molecular complexity index is 581. The molecule has 130 valence electrons. The predicted molar refractivity (Wildman–Crippen MR) is 94.4 cm³/mol. The lowest BCUT2D eigenvalue weighted by Gasteiger charge is -2.31. The van der Waals surface area contributed by atoms with E-state index < -0.39 is 10.0 Å². The van der Waals surface area contributed by atoms with Crippen molar-refractivity contribution in [3.8, 4) is 5.75 Å². The first-order valence-electron chi connectivity index (χ1n) is 8.64. The summed E-state index contributed by atoms with van der Waals surface area (Å²) in [7, 11) is -3.16. The number of hydrogen-bond donors (Lipinski definition) is 1. The maximum absolute atomic E-state index is 11.8. The van der Waals surface area contributed by atoms with Crippen molar-refractivity contribution in [3.05, 3.63) is 29.8 Å². The summed E-state index contributed by atoms with van der Waals surface area (Å²) in [5, 5.41) is 0. The maximum Gasteiger partial charge on any atom is 0.211 e.